The van der Waals surface area contributed by atoms with Crippen LogP contribution >= 0.6 is 0 Å². The Bertz CT molecular complexity index is 1050. The van der Waals surface area contributed by atoms with Gasteiger partial charge >= 0.3 is 0 Å². The number of hydrogen-bond acceptors (Lipinski definition) is 5. The summed E-state index contributed by atoms with van der Waals surface area (Å²) in [7, 11) is -2.49. The SMILES string of the molecule is COc1ccc(C)cc1N(CC(=O)NCCCN1CCCCCC1)S(=O)(=O)c1ccc(C)cc1. The number of rotatable bonds is 10. The van der Waals surface area contributed by atoms with Gasteiger partial charge in [0.15, 0.2) is 0 Å². The Morgan fingerprint density at radius 3 is 2.29 bits per heavy atom. The molecule has 7 nitrogen and oxygen atoms in total. The molecule has 1 amide bonds. The van der Waals surface area contributed by atoms with E-state index in [0.717, 1.165) is 41.5 Å². The monoisotopic (exact) mass is 487 g/mol. The highest BCUT2D eigenvalue weighted by Gasteiger charge is 2.29. The molecule has 1 fully saturated rings. The lowest BCUT2D eigenvalue weighted by atomic mass is 10.2. The van der Waals surface area contributed by atoms with Crippen LogP contribution in [0, 0.1) is 13.8 Å². The minimum absolute atomic E-state index is 0.135. The lowest BCUT2D eigenvalue weighted by Crippen LogP contribution is -2.41. The van der Waals surface area contributed by atoms with Gasteiger partial charge in [0.05, 0.1) is 17.7 Å². The highest BCUT2D eigenvalue weighted by atomic mass is 32.2. The van der Waals surface area contributed by atoms with Crippen molar-refractivity contribution in [2.24, 2.45) is 0 Å². The Hall–Kier alpha value is -2.58. The second-order valence-electron chi connectivity index (χ2n) is 8.96. The Balaban J connectivity index is 1.74. The van der Waals surface area contributed by atoms with Gasteiger partial charge in [-0.2, -0.15) is 0 Å². The molecule has 0 aliphatic carbocycles. The van der Waals surface area contributed by atoms with Crippen LogP contribution in [0.15, 0.2) is 47.4 Å². The molecule has 0 radical (unpaired) electrons. The summed E-state index contributed by atoms with van der Waals surface area (Å²) in [6.07, 6.45) is 5.89. The molecule has 0 saturated carbocycles. The predicted molar refractivity (Wildman–Crippen MR) is 136 cm³/mol. The molecule has 2 aromatic carbocycles. The summed E-state index contributed by atoms with van der Waals surface area (Å²) in [4.78, 5) is 15.5. The first-order valence-corrected chi connectivity index (χ1v) is 13.5. The Labute approximate surface area is 204 Å². The fourth-order valence-corrected chi connectivity index (χ4v) is 5.63. The van der Waals surface area contributed by atoms with Crippen molar-refractivity contribution in [3.8, 4) is 5.75 Å². The first-order valence-electron chi connectivity index (χ1n) is 12.0. The van der Waals surface area contributed by atoms with E-state index in [1.807, 2.05) is 19.9 Å². The van der Waals surface area contributed by atoms with Crippen LogP contribution in [0.5, 0.6) is 5.75 Å². The van der Waals surface area contributed by atoms with Crippen LogP contribution in [0.25, 0.3) is 0 Å². The highest BCUT2D eigenvalue weighted by molar-refractivity contribution is 7.92. The molecule has 0 atom stereocenters. The number of nitrogens with zero attached hydrogens (tertiary/aromatic N) is 2. The Kier molecular flexibility index (Phi) is 9.36. The fraction of sp³-hybridized carbons (Fsp3) is 0.500. The number of aryl methyl sites for hydroxylation is 2. The standard InChI is InChI=1S/C26H37N3O4S/c1-21-9-12-23(13-10-21)34(31,32)29(24-19-22(2)11-14-25(24)33-3)20-26(30)27-15-8-18-28-16-6-4-5-7-17-28/h9-14,19H,4-8,15-18,20H2,1-3H3,(H,27,30). The van der Waals surface area contributed by atoms with Gasteiger partial charge in [-0.1, -0.05) is 36.6 Å². The molecule has 2 aromatic rings. The van der Waals surface area contributed by atoms with Crippen molar-refractivity contribution in [1.82, 2.24) is 10.2 Å². The van der Waals surface area contributed by atoms with Gasteiger partial charge in [-0.3, -0.25) is 9.10 Å². The van der Waals surface area contributed by atoms with E-state index in [0.29, 0.717) is 18.0 Å². The summed E-state index contributed by atoms with van der Waals surface area (Å²) in [5.41, 5.74) is 2.18. The van der Waals surface area contributed by atoms with Gasteiger partial charge in [0, 0.05) is 6.54 Å². The highest BCUT2D eigenvalue weighted by Crippen LogP contribution is 2.33. The van der Waals surface area contributed by atoms with Crippen molar-refractivity contribution in [1.29, 1.82) is 0 Å². The van der Waals surface area contributed by atoms with Crippen LogP contribution in [0.3, 0.4) is 0 Å². The molecule has 186 valence electrons. The van der Waals surface area contributed by atoms with Crippen LogP contribution in [-0.4, -0.2) is 59.1 Å². The van der Waals surface area contributed by atoms with E-state index in [2.05, 4.69) is 10.2 Å². The average Bonchev–Trinajstić information content (AvgIpc) is 3.09. The first-order chi connectivity index (χ1) is 16.3. The topological polar surface area (TPSA) is 79.0 Å². The third-order valence-electron chi connectivity index (χ3n) is 6.17. The molecule has 0 aromatic heterocycles. The number of ether oxygens (including phenoxy) is 1. The van der Waals surface area contributed by atoms with Gasteiger partial charge in [0.25, 0.3) is 10.0 Å². The molecule has 1 heterocycles. The van der Waals surface area contributed by atoms with Crippen molar-refractivity contribution >= 4 is 21.6 Å². The largest absolute Gasteiger partial charge is 0.495 e. The quantitative estimate of drug-likeness (QED) is 0.515. The number of amides is 1. The zero-order chi connectivity index (χ0) is 24.6. The van der Waals surface area contributed by atoms with Crippen LogP contribution in [-0.2, 0) is 14.8 Å². The normalized spacial score (nSPS) is 14.9. The van der Waals surface area contributed by atoms with Crippen LogP contribution in [0.2, 0.25) is 0 Å². The van der Waals surface area contributed by atoms with Gasteiger partial charge in [0.2, 0.25) is 5.91 Å². The van der Waals surface area contributed by atoms with Crippen molar-refractivity contribution in [3.05, 3.63) is 53.6 Å². The van der Waals surface area contributed by atoms with E-state index >= 15 is 0 Å². The van der Waals surface area contributed by atoms with E-state index in [-0.39, 0.29) is 17.3 Å². The van der Waals surface area contributed by atoms with Crippen molar-refractivity contribution < 1.29 is 17.9 Å². The third-order valence-corrected chi connectivity index (χ3v) is 7.95. The van der Waals surface area contributed by atoms with Crippen LogP contribution < -0.4 is 14.4 Å². The number of benzene rings is 2. The van der Waals surface area contributed by atoms with Crippen molar-refractivity contribution in [3.63, 3.8) is 0 Å². The van der Waals surface area contributed by atoms with E-state index in [1.165, 1.54) is 32.8 Å². The summed E-state index contributed by atoms with van der Waals surface area (Å²) in [5, 5.41) is 2.91. The fourth-order valence-electron chi connectivity index (χ4n) is 4.21. The first kappa shape index (κ1) is 26.0. The maximum Gasteiger partial charge on any atom is 0.264 e. The summed E-state index contributed by atoms with van der Waals surface area (Å²) in [6.45, 7) is 7.14. The number of nitrogens with one attached hydrogen (secondary N) is 1. The third kappa shape index (κ3) is 6.96. The average molecular weight is 488 g/mol. The smallest absolute Gasteiger partial charge is 0.264 e. The molecule has 1 aliphatic rings. The van der Waals surface area contributed by atoms with E-state index in [1.54, 1.807) is 36.4 Å². The molecular formula is C26H37N3O4S. The number of likely N-dealkylation sites (tertiary alicyclic amines) is 1. The molecule has 0 unspecified atom stereocenters. The predicted octanol–water partition coefficient (Wildman–Crippen LogP) is 3.89. The van der Waals surface area contributed by atoms with Gasteiger partial charge in [-0.05, 0) is 82.6 Å². The van der Waals surface area contributed by atoms with Gasteiger partial charge in [0.1, 0.15) is 12.3 Å². The van der Waals surface area contributed by atoms with Crippen molar-refractivity contribution in [2.45, 2.75) is 50.8 Å². The maximum absolute atomic E-state index is 13.6. The summed E-state index contributed by atoms with van der Waals surface area (Å²) < 4.78 is 33.8. The summed E-state index contributed by atoms with van der Waals surface area (Å²) >= 11 is 0. The molecular weight excluding hydrogens is 450 g/mol. The zero-order valence-corrected chi connectivity index (χ0v) is 21.4. The molecule has 3 rings (SSSR count). The summed E-state index contributed by atoms with van der Waals surface area (Å²) in [6, 6.07) is 11.9. The number of hydrogen-bond donors (Lipinski definition) is 1. The number of carbonyl (C=O) groups excluding carboxylic acids is 1. The van der Waals surface area contributed by atoms with Crippen molar-refractivity contribution in [2.75, 3.05) is 44.1 Å². The lowest BCUT2D eigenvalue weighted by molar-refractivity contribution is -0.119. The molecule has 8 heteroatoms. The molecule has 0 spiro atoms. The van der Waals surface area contributed by atoms with Gasteiger partial charge in [-0.15, -0.1) is 0 Å². The van der Waals surface area contributed by atoms with E-state index in [4.69, 9.17) is 4.74 Å². The Morgan fingerprint density at radius 1 is 1.00 bits per heavy atom. The second kappa shape index (κ2) is 12.2. The molecule has 34 heavy (non-hydrogen) atoms. The van der Waals surface area contributed by atoms with Crippen LogP contribution in [0.1, 0.15) is 43.2 Å². The number of anilines is 1. The minimum atomic E-state index is -3.98. The molecule has 1 aliphatic heterocycles. The molecule has 0 bridgehead atoms. The summed E-state index contributed by atoms with van der Waals surface area (Å²) in [5.74, 6) is 0.0605. The van der Waals surface area contributed by atoms with E-state index < -0.39 is 10.0 Å². The zero-order valence-electron chi connectivity index (χ0n) is 20.5. The van der Waals surface area contributed by atoms with Crippen LogP contribution in [0.4, 0.5) is 5.69 Å². The van der Waals surface area contributed by atoms with Gasteiger partial charge < -0.3 is 15.0 Å². The second-order valence-corrected chi connectivity index (χ2v) is 10.8. The Morgan fingerprint density at radius 2 is 1.65 bits per heavy atom. The maximum atomic E-state index is 13.6. The molecule has 1 N–H and O–H groups in total. The lowest BCUT2D eigenvalue weighted by Gasteiger charge is -2.26. The van der Waals surface area contributed by atoms with Gasteiger partial charge in [-0.25, -0.2) is 8.42 Å². The van der Waals surface area contributed by atoms with E-state index in [9.17, 15) is 13.2 Å². The minimum Gasteiger partial charge on any atom is -0.495 e. The number of methoxy groups -OCH3 is 1. The number of sulfonamides is 1. The molecule has 1 saturated heterocycles. The number of carbonyl (C=O) groups is 1.